The van der Waals surface area contributed by atoms with Crippen molar-refractivity contribution in [2.24, 2.45) is 5.73 Å². The van der Waals surface area contributed by atoms with Gasteiger partial charge in [-0.3, -0.25) is 4.79 Å². The van der Waals surface area contributed by atoms with Gasteiger partial charge in [0.05, 0.1) is 26.4 Å². The lowest BCUT2D eigenvalue weighted by molar-refractivity contribution is 0.171. The molecule has 0 radical (unpaired) electrons. The Bertz CT molecular complexity index is 481. The maximum atomic E-state index is 12.3. The van der Waals surface area contributed by atoms with E-state index in [0.717, 1.165) is 0 Å². The fraction of sp³-hybridized carbons (Fsp3) is 0.600. The number of nitrogens with two attached hydrogens (primary N) is 1. The van der Waals surface area contributed by atoms with E-state index in [1.165, 1.54) is 0 Å². The fourth-order valence-corrected chi connectivity index (χ4v) is 3.66. The van der Waals surface area contributed by atoms with Crippen LogP contribution in [0.5, 0.6) is 16.9 Å². The van der Waals surface area contributed by atoms with Gasteiger partial charge in [0.25, 0.3) is 0 Å². The van der Waals surface area contributed by atoms with Crippen LogP contribution in [0.1, 0.15) is 27.2 Å². The van der Waals surface area contributed by atoms with Gasteiger partial charge in [0.2, 0.25) is 8.40 Å². The summed E-state index contributed by atoms with van der Waals surface area (Å²) < 4.78 is 22.2. The molecule has 0 atom stereocenters. The van der Waals surface area contributed by atoms with Crippen molar-refractivity contribution in [3.05, 3.63) is 11.7 Å². The largest absolute Gasteiger partial charge is 0.495 e. The van der Waals surface area contributed by atoms with E-state index >= 15 is 0 Å². The van der Waals surface area contributed by atoms with Crippen LogP contribution in [-0.2, 0) is 4.74 Å². The Morgan fingerprint density at radius 3 is 2.41 bits per heavy atom. The summed E-state index contributed by atoms with van der Waals surface area (Å²) in [5.74, 6) is 1.11. The number of ether oxygens (including phenoxy) is 4. The van der Waals surface area contributed by atoms with Crippen molar-refractivity contribution in [3.8, 4) is 16.9 Å². The molecule has 0 amide bonds. The highest BCUT2D eigenvalue weighted by Gasteiger charge is 2.23. The summed E-state index contributed by atoms with van der Waals surface area (Å²) in [5, 5.41) is 0.540. The molecule has 0 bridgehead atoms. The molecule has 124 valence electrons. The van der Waals surface area contributed by atoms with Crippen LogP contribution in [0.2, 0.25) is 0 Å². The molecular weight excluding hydrogens is 302 g/mol. The van der Waals surface area contributed by atoms with Crippen LogP contribution < -0.4 is 19.9 Å². The highest BCUT2D eigenvalue weighted by Crippen LogP contribution is 2.37. The predicted molar refractivity (Wildman–Crippen MR) is 86.3 cm³/mol. The lowest BCUT2D eigenvalue weighted by Gasteiger charge is -2.17. The van der Waals surface area contributed by atoms with Gasteiger partial charge in [-0.25, -0.2) is 0 Å². The second-order valence-electron chi connectivity index (χ2n) is 4.35. The minimum Gasteiger partial charge on any atom is -0.495 e. The highest BCUT2D eigenvalue weighted by molar-refractivity contribution is 6.85. The highest BCUT2D eigenvalue weighted by atomic mass is 28.2. The van der Waals surface area contributed by atoms with E-state index in [-0.39, 0.29) is 5.59 Å². The number of rotatable bonds is 10. The van der Waals surface area contributed by atoms with Gasteiger partial charge in [0, 0.05) is 0 Å². The van der Waals surface area contributed by atoms with Crippen LogP contribution in [0.4, 0.5) is 4.79 Å². The van der Waals surface area contributed by atoms with Crippen LogP contribution in [0.25, 0.3) is 0 Å². The zero-order valence-electron chi connectivity index (χ0n) is 13.5. The smallest absolute Gasteiger partial charge is 0.301 e. The van der Waals surface area contributed by atoms with Gasteiger partial charge < -0.3 is 24.7 Å². The van der Waals surface area contributed by atoms with E-state index in [9.17, 15) is 4.79 Å². The average Bonchev–Trinajstić information content (AvgIpc) is 2.51. The van der Waals surface area contributed by atoms with Crippen molar-refractivity contribution in [1.82, 2.24) is 0 Å². The lowest BCUT2D eigenvalue weighted by Crippen LogP contribution is -2.20. The molecule has 1 aromatic heterocycles. The van der Waals surface area contributed by atoms with Gasteiger partial charge >= 0.3 is 5.59 Å². The molecule has 0 aliphatic rings. The topological polar surface area (TPSA) is 80.0 Å². The summed E-state index contributed by atoms with van der Waals surface area (Å²) in [4.78, 5) is 12.3. The summed E-state index contributed by atoms with van der Waals surface area (Å²) in [6.45, 7) is 7.88. The van der Waals surface area contributed by atoms with Gasteiger partial charge in [-0.15, -0.1) is 0 Å². The number of hydrogen-bond acceptors (Lipinski definition) is 6. The Balaban J connectivity index is 3.14. The van der Waals surface area contributed by atoms with E-state index in [1.807, 2.05) is 26.4 Å². The van der Waals surface area contributed by atoms with Crippen LogP contribution in [0.3, 0.4) is 0 Å². The third-order valence-corrected chi connectivity index (χ3v) is 4.70. The molecule has 0 spiro atoms. The lowest BCUT2D eigenvalue weighted by atomic mass is 10.4. The van der Waals surface area contributed by atoms with Crippen LogP contribution in [-0.4, -0.2) is 47.0 Å². The van der Waals surface area contributed by atoms with E-state index in [0.29, 0.717) is 56.3 Å². The first-order valence-electron chi connectivity index (χ1n) is 7.62. The van der Waals surface area contributed by atoms with Crippen molar-refractivity contribution >= 4 is 14.0 Å². The summed E-state index contributed by atoms with van der Waals surface area (Å²) in [7, 11) is -1.78. The molecule has 6 nitrogen and oxygen atoms in total. The van der Waals surface area contributed by atoms with Gasteiger partial charge in [0.15, 0.2) is 16.9 Å². The maximum Gasteiger partial charge on any atom is 0.301 e. The van der Waals surface area contributed by atoms with Gasteiger partial charge in [0.1, 0.15) is 0 Å². The number of hydrogen-bond donors (Lipinski definition) is 1. The second kappa shape index (κ2) is 10.2. The molecule has 0 saturated heterocycles. The minimum absolute atomic E-state index is 0.272. The molecule has 22 heavy (non-hydrogen) atoms. The Kier molecular flexibility index (Phi) is 8.53. The standard InChI is InChI=1S/C15H25NO5Si/c1-4-18-12-8-11-22(15(17)21-10-7-9-16)14(20-6-3)13(12)19-5-2/h8,11H,4-7,9-10,16H2,1-3H3. The third-order valence-electron chi connectivity index (χ3n) is 2.75. The zero-order chi connectivity index (χ0) is 16.4. The van der Waals surface area contributed by atoms with Gasteiger partial charge in [-0.2, -0.15) is 0 Å². The van der Waals surface area contributed by atoms with Crippen molar-refractivity contribution in [1.29, 1.82) is 0 Å². The van der Waals surface area contributed by atoms with Gasteiger partial charge in [-0.1, -0.05) is 5.68 Å². The third kappa shape index (κ3) is 4.99. The van der Waals surface area contributed by atoms with Crippen molar-refractivity contribution < 1.29 is 23.7 Å². The summed E-state index contributed by atoms with van der Waals surface area (Å²) in [6.07, 6.45) is 0.646. The molecule has 1 aromatic rings. The van der Waals surface area contributed by atoms with Crippen LogP contribution >= 0.6 is 0 Å². The van der Waals surface area contributed by atoms with Crippen LogP contribution in [0.15, 0.2) is 11.7 Å². The van der Waals surface area contributed by atoms with E-state index in [1.54, 1.807) is 6.07 Å². The second-order valence-corrected chi connectivity index (χ2v) is 6.37. The normalized spacial score (nSPS) is 10.2. The average molecular weight is 327 g/mol. The SMILES string of the molecule is CCOc1cc[si](C(=O)OCCCN)c(OCC)c1OCC. The molecular formula is C15H25NO5Si. The molecule has 0 saturated carbocycles. The Labute approximate surface area is 133 Å². The molecule has 0 fully saturated rings. The molecule has 1 heterocycles. The summed E-state index contributed by atoms with van der Waals surface area (Å²) in [6, 6.07) is 1.77. The zero-order valence-corrected chi connectivity index (χ0v) is 14.5. The Morgan fingerprint density at radius 2 is 1.82 bits per heavy atom. The molecule has 1 rings (SSSR count). The van der Waals surface area contributed by atoms with E-state index in [4.69, 9.17) is 24.7 Å². The van der Waals surface area contributed by atoms with Crippen LogP contribution in [0, 0.1) is 0 Å². The van der Waals surface area contributed by atoms with Crippen molar-refractivity contribution in [2.75, 3.05) is 33.0 Å². The molecule has 0 unspecified atom stereocenters. The number of carbonyl (C=O) groups excluding carboxylic acids is 1. The quantitative estimate of drug-likeness (QED) is 0.524. The maximum absolute atomic E-state index is 12.3. The van der Waals surface area contributed by atoms with Gasteiger partial charge in [-0.05, 0) is 39.8 Å². The first kappa shape index (κ1) is 18.4. The van der Waals surface area contributed by atoms with Crippen molar-refractivity contribution in [2.45, 2.75) is 27.2 Å². The fourth-order valence-electron chi connectivity index (χ4n) is 1.87. The monoisotopic (exact) mass is 327 g/mol. The molecule has 7 heteroatoms. The molecule has 0 aliphatic carbocycles. The Morgan fingerprint density at radius 1 is 1.14 bits per heavy atom. The molecule has 2 N–H and O–H groups in total. The molecule has 0 aliphatic heterocycles. The first-order chi connectivity index (χ1) is 10.7. The summed E-state index contributed by atoms with van der Waals surface area (Å²) in [5.41, 5.74) is 6.95. The Hall–Kier alpha value is -1.60. The van der Waals surface area contributed by atoms with Crippen molar-refractivity contribution in [3.63, 3.8) is 0 Å². The summed E-state index contributed by atoms with van der Waals surface area (Å²) >= 11 is 0. The van der Waals surface area contributed by atoms with E-state index < -0.39 is 8.40 Å². The number of carbonyl (C=O) groups is 1. The first-order valence-corrected chi connectivity index (χ1v) is 9.19. The minimum atomic E-state index is -1.78. The predicted octanol–water partition coefficient (Wildman–Crippen LogP) is 2.24. The molecule has 0 aromatic carbocycles. The van der Waals surface area contributed by atoms with E-state index in [2.05, 4.69) is 0 Å².